The van der Waals surface area contributed by atoms with E-state index in [4.69, 9.17) is 32.8 Å². The molecular weight excluding hydrogens is 508 g/mol. The Balaban J connectivity index is 1.76. The summed E-state index contributed by atoms with van der Waals surface area (Å²) in [5.74, 6) is 0.658. The Morgan fingerprint density at radius 2 is 1.95 bits per heavy atom. The fourth-order valence-electron chi connectivity index (χ4n) is 4.26. The zero-order chi connectivity index (χ0) is 28.2. The Morgan fingerprint density at radius 3 is 2.59 bits per heavy atom. The average molecular weight is 541 g/mol. The van der Waals surface area contributed by atoms with Crippen molar-refractivity contribution in [2.24, 2.45) is 0 Å². The van der Waals surface area contributed by atoms with Crippen LogP contribution in [0.4, 0.5) is 0 Å². The molecule has 39 heavy (non-hydrogen) atoms. The maximum absolute atomic E-state index is 13.1. The molecule has 10 heteroatoms. The van der Waals surface area contributed by atoms with E-state index < -0.39 is 17.5 Å². The van der Waals surface area contributed by atoms with Crippen LogP contribution in [-0.4, -0.2) is 43.8 Å². The highest BCUT2D eigenvalue weighted by molar-refractivity contribution is 5.86. The van der Waals surface area contributed by atoms with Crippen molar-refractivity contribution in [1.82, 2.24) is 0 Å². The summed E-state index contributed by atoms with van der Waals surface area (Å²) in [6.45, 7) is 7.61. The smallest absolute Gasteiger partial charge is 0.257 e. The number of aromatic hydroxyl groups is 1. The van der Waals surface area contributed by atoms with E-state index in [1.807, 2.05) is 6.92 Å². The van der Waals surface area contributed by atoms with E-state index in [0.717, 1.165) is 6.42 Å². The third kappa shape index (κ3) is 6.12. The molecule has 10 nitrogen and oxygen atoms in total. The van der Waals surface area contributed by atoms with Crippen LogP contribution in [0, 0.1) is 0 Å². The highest BCUT2D eigenvalue weighted by Gasteiger charge is 2.28. The zero-order valence-corrected chi connectivity index (χ0v) is 22.6. The van der Waals surface area contributed by atoms with Crippen LogP contribution in [-0.2, 0) is 25.4 Å². The number of benzene rings is 2. The number of carbonyl (C=O) groups excluding carboxylic acids is 1. The number of hydrogen-bond donors (Lipinski definition) is 1. The Hall–Kier alpha value is -4.18. The van der Waals surface area contributed by atoms with E-state index >= 15 is 0 Å². The van der Waals surface area contributed by atoms with Gasteiger partial charge in [0, 0.05) is 49.8 Å². The van der Waals surface area contributed by atoms with E-state index in [1.165, 1.54) is 31.6 Å². The van der Waals surface area contributed by atoms with Crippen molar-refractivity contribution in [3.63, 3.8) is 0 Å². The fourth-order valence-corrected chi connectivity index (χ4v) is 4.26. The van der Waals surface area contributed by atoms with Crippen molar-refractivity contribution in [3.8, 4) is 34.3 Å². The van der Waals surface area contributed by atoms with E-state index in [-0.39, 0.29) is 41.4 Å². The number of phenols is 1. The minimum atomic E-state index is -1.13. The average Bonchev–Trinajstić information content (AvgIpc) is 3.25. The lowest BCUT2D eigenvalue weighted by Crippen LogP contribution is -2.23. The number of ether oxygens (including phenoxy) is 6. The lowest BCUT2D eigenvalue weighted by atomic mass is 9.98. The molecule has 0 fully saturated rings. The molecule has 1 aromatic heterocycles. The summed E-state index contributed by atoms with van der Waals surface area (Å²) in [4.78, 5) is 24.6. The van der Waals surface area contributed by atoms with Crippen LogP contribution in [0.1, 0.15) is 39.7 Å². The maximum atomic E-state index is 13.1. The van der Waals surface area contributed by atoms with Crippen molar-refractivity contribution in [2.45, 2.75) is 52.6 Å². The quantitative estimate of drug-likeness (QED) is 0.246. The van der Waals surface area contributed by atoms with Gasteiger partial charge in [-0.1, -0.05) is 13.3 Å². The first-order chi connectivity index (χ1) is 18.7. The highest BCUT2D eigenvalue weighted by Crippen LogP contribution is 2.41. The van der Waals surface area contributed by atoms with Crippen LogP contribution in [0.15, 0.2) is 51.6 Å². The van der Waals surface area contributed by atoms with E-state index in [1.54, 1.807) is 32.9 Å². The lowest BCUT2D eigenvalue weighted by Gasteiger charge is -2.21. The first-order valence-corrected chi connectivity index (χ1v) is 12.6. The van der Waals surface area contributed by atoms with E-state index in [0.29, 0.717) is 41.1 Å². The maximum Gasteiger partial charge on any atom is 0.257 e. The molecule has 0 saturated carbocycles. The van der Waals surface area contributed by atoms with Gasteiger partial charge in [0.25, 0.3) is 6.29 Å². The second-order valence-corrected chi connectivity index (χ2v) is 9.23. The van der Waals surface area contributed by atoms with Crippen LogP contribution in [0.2, 0.25) is 0 Å². The predicted molar refractivity (Wildman–Crippen MR) is 142 cm³/mol. The molecule has 0 aliphatic carbocycles. The normalized spacial score (nSPS) is 14.7. The van der Waals surface area contributed by atoms with Crippen LogP contribution in [0.3, 0.4) is 0 Å². The molecule has 1 aliphatic heterocycles. The van der Waals surface area contributed by atoms with Gasteiger partial charge in [0.1, 0.15) is 41.1 Å². The SMILES string of the molecule is CCCc1c(-c2cc(=O)c3c(O)cc(OCC4=COC(C)(C)O4)cc3o2)ccc(OC)c1OC(C=O)OCC. The largest absolute Gasteiger partial charge is 0.507 e. The van der Waals surface area contributed by atoms with Crippen molar-refractivity contribution in [3.05, 3.63) is 58.1 Å². The van der Waals surface area contributed by atoms with Gasteiger partial charge in [-0.25, -0.2) is 0 Å². The topological polar surface area (TPSA) is 123 Å². The van der Waals surface area contributed by atoms with Crippen molar-refractivity contribution in [1.29, 1.82) is 0 Å². The molecule has 208 valence electrons. The van der Waals surface area contributed by atoms with E-state index in [2.05, 4.69) is 0 Å². The van der Waals surface area contributed by atoms with Gasteiger partial charge in [0.05, 0.1) is 7.11 Å². The number of rotatable bonds is 12. The summed E-state index contributed by atoms with van der Waals surface area (Å²) in [6, 6.07) is 7.60. The monoisotopic (exact) mass is 540 g/mol. The van der Waals surface area contributed by atoms with Crippen molar-refractivity contribution < 1.29 is 42.7 Å². The van der Waals surface area contributed by atoms with Gasteiger partial charge in [0.2, 0.25) is 5.79 Å². The molecule has 3 aromatic rings. The molecule has 4 rings (SSSR count). The fraction of sp³-hybridized carbons (Fsp3) is 0.379. The highest BCUT2D eigenvalue weighted by atomic mass is 16.7. The summed E-state index contributed by atoms with van der Waals surface area (Å²) in [7, 11) is 1.49. The number of aldehydes is 1. The van der Waals surface area contributed by atoms with Gasteiger partial charge in [0.15, 0.2) is 29.0 Å². The van der Waals surface area contributed by atoms with Gasteiger partial charge >= 0.3 is 0 Å². The van der Waals surface area contributed by atoms with Gasteiger partial charge in [-0.3, -0.25) is 9.59 Å². The molecule has 0 saturated heterocycles. The zero-order valence-electron chi connectivity index (χ0n) is 22.6. The molecule has 1 N–H and O–H groups in total. The first-order valence-electron chi connectivity index (χ1n) is 12.6. The summed E-state index contributed by atoms with van der Waals surface area (Å²) in [6.07, 6.45) is 2.16. The molecule has 2 aromatic carbocycles. The Morgan fingerprint density at radius 1 is 1.15 bits per heavy atom. The van der Waals surface area contributed by atoms with Gasteiger partial charge in [-0.2, -0.15) is 0 Å². The third-order valence-corrected chi connectivity index (χ3v) is 5.90. The summed E-state index contributed by atoms with van der Waals surface area (Å²) in [5.41, 5.74) is 0.942. The summed E-state index contributed by atoms with van der Waals surface area (Å²) < 4.78 is 39.7. The number of phenolic OH excluding ortho intramolecular Hbond substituents is 1. The molecule has 0 spiro atoms. The minimum Gasteiger partial charge on any atom is -0.507 e. The van der Waals surface area contributed by atoms with Gasteiger partial charge in [-0.05, 0) is 25.5 Å². The lowest BCUT2D eigenvalue weighted by molar-refractivity contribution is -0.136. The van der Waals surface area contributed by atoms with Gasteiger partial charge < -0.3 is 37.9 Å². The third-order valence-electron chi connectivity index (χ3n) is 5.90. The Bertz CT molecular complexity index is 1440. The predicted octanol–water partition coefficient (Wildman–Crippen LogP) is 5.07. The molecule has 0 bridgehead atoms. The molecular formula is C29H32O10. The van der Waals surface area contributed by atoms with Crippen LogP contribution < -0.4 is 19.6 Å². The number of fused-ring (bicyclic) bond motifs is 1. The molecule has 2 heterocycles. The number of methoxy groups -OCH3 is 1. The standard InChI is InChI=1S/C29H32O10/c1-6-8-20-19(9-10-23(33-5)28(20)38-26(14-30)34-7-2)24-13-22(32)27-21(31)11-17(12-25(27)37-24)35-15-18-16-36-29(3,4)39-18/h9-14,16,26,31H,6-8,15H2,1-5H3. The van der Waals surface area contributed by atoms with Crippen molar-refractivity contribution >= 4 is 17.3 Å². The van der Waals surface area contributed by atoms with E-state index in [9.17, 15) is 14.7 Å². The molecule has 1 atom stereocenters. The minimum absolute atomic E-state index is 0.0197. The van der Waals surface area contributed by atoms with Crippen LogP contribution in [0.5, 0.6) is 23.0 Å². The molecule has 1 aliphatic rings. The summed E-state index contributed by atoms with van der Waals surface area (Å²) in [5, 5.41) is 10.6. The second kappa shape index (κ2) is 11.7. The number of hydrogen-bond acceptors (Lipinski definition) is 10. The molecule has 0 amide bonds. The van der Waals surface area contributed by atoms with Crippen LogP contribution in [0.25, 0.3) is 22.3 Å². The Kier molecular flexibility index (Phi) is 8.35. The summed E-state index contributed by atoms with van der Waals surface area (Å²) >= 11 is 0. The van der Waals surface area contributed by atoms with Gasteiger partial charge in [-0.15, -0.1) is 0 Å². The number of carbonyl (C=O) groups is 1. The first kappa shape index (κ1) is 27.8. The molecule has 0 radical (unpaired) electrons. The van der Waals surface area contributed by atoms with Crippen molar-refractivity contribution in [2.75, 3.05) is 20.3 Å². The molecule has 1 unspecified atom stereocenters. The van der Waals surface area contributed by atoms with Crippen LogP contribution >= 0.6 is 0 Å². The Labute approximate surface area is 225 Å². The second-order valence-electron chi connectivity index (χ2n) is 9.23.